The Labute approximate surface area is 150 Å². The smallest absolute Gasteiger partial charge is 0.194 e. The molecule has 0 fully saturated rings. The van der Waals surface area contributed by atoms with E-state index < -0.39 is 0 Å². The molecule has 4 aromatic rings. The van der Waals surface area contributed by atoms with E-state index in [0.717, 1.165) is 49.2 Å². The van der Waals surface area contributed by atoms with Crippen LogP contribution in [0.3, 0.4) is 0 Å². The van der Waals surface area contributed by atoms with Crippen molar-refractivity contribution in [2.24, 2.45) is 0 Å². The van der Waals surface area contributed by atoms with Crippen LogP contribution in [0.15, 0.2) is 78.9 Å². The molecule has 0 amide bonds. The fourth-order valence-electron chi connectivity index (χ4n) is 3.79. The van der Waals surface area contributed by atoms with Gasteiger partial charge in [-0.25, -0.2) is 0 Å². The van der Waals surface area contributed by atoms with Gasteiger partial charge in [0.1, 0.15) is 0 Å². The molecule has 118 valence electrons. The molecule has 25 heavy (non-hydrogen) atoms. The number of benzene rings is 4. The minimum absolute atomic E-state index is 0.0974. The zero-order chi connectivity index (χ0) is 17.0. The lowest BCUT2D eigenvalue weighted by Crippen LogP contribution is -1.98. The lowest BCUT2D eigenvalue weighted by molar-refractivity contribution is 0.104. The number of halogens is 1. The van der Waals surface area contributed by atoms with Gasteiger partial charge in [-0.1, -0.05) is 84.4 Å². The normalized spacial score (nSPS) is 12.3. The molecule has 0 atom stereocenters. The second-order valence-electron chi connectivity index (χ2n) is 6.24. The summed E-state index contributed by atoms with van der Waals surface area (Å²) in [4.78, 5) is 13.1. The number of carbonyl (C=O) groups is 1. The van der Waals surface area contributed by atoms with E-state index >= 15 is 0 Å². The summed E-state index contributed by atoms with van der Waals surface area (Å²) in [7, 11) is 0. The molecule has 0 spiro atoms. The van der Waals surface area contributed by atoms with E-state index in [0.29, 0.717) is 0 Å². The van der Waals surface area contributed by atoms with Crippen molar-refractivity contribution in [2.45, 2.75) is 0 Å². The zero-order valence-electron chi connectivity index (χ0n) is 13.3. The fourth-order valence-corrected chi connectivity index (χ4v) is 4.02. The minimum Gasteiger partial charge on any atom is -0.289 e. The maximum atomic E-state index is 13.1. The SMILES string of the molecule is O=C1c2ccccc2-c2cccc(-c3ccc(Cl)c4ccccc34)c21. The first kappa shape index (κ1) is 14.4. The van der Waals surface area contributed by atoms with E-state index in [4.69, 9.17) is 11.6 Å². The van der Waals surface area contributed by atoms with Crippen LogP contribution in [0.2, 0.25) is 5.02 Å². The van der Waals surface area contributed by atoms with Crippen molar-refractivity contribution in [3.05, 3.63) is 95.0 Å². The molecule has 0 radical (unpaired) electrons. The number of hydrogen-bond acceptors (Lipinski definition) is 1. The predicted octanol–water partition coefficient (Wildman–Crippen LogP) is 6.37. The van der Waals surface area contributed by atoms with Gasteiger partial charge in [-0.05, 0) is 33.7 Å². The molecule has 0 saturated heterocycles. The number of rotatable bonds is 1. The molecule has 0 heterocycles. The molecular weight excluding hydrogens is 328 g/mol. The predicted molar refractivity (Wildman–Crippen MR) is 103 cm³/mol. The first-order valence-corrected chi connectivity index (χ1v) is 8.58. The molecule has 0 aliphatic heterocycles. The summed E-state index contributed by atoms with van der Waals surface area (Å²) in [6.07, 6.45) is 0. The lowest BCUT2D eigenvalue weighted by atomic mass is 9.92. The van der Waals surface area contributed by atoms with Crippen molar-refractivity contribution >= 4 is 28.2 Å². The first-order chi connectivity index (χ1) is 12.3. The molecule has 0 aromatic heterocycles. The van der Waals surface area contributed by atoms with Crippen LogP contribution in [-0.2, 0) is 0 Å². The van der Waals surface area contributed by atoms with Gasteiger partial charge in [0, 0.05) is 21.5 Å². The molecular formula is C23H13ClO. The molecule has 2 heteroatoms. The van der Waals surface area contributed by atoms with Crippen LogP contribution >= 0.6 is 11.6 Å². The van der Waals surface area contributed by atoms with Crippen LogP contribution in [0.25, 0.3) is 33.0 Å². The van der Waals surface area contributed by atoms with E-state index in [1.807, 2.05) is 72.8 Å². The minimum atomic E-state index is 0.0974. The monoisotopic (exact) mass is 340 g/mol. The van der Waals surface area contributed by atoms with E-state index in [9.17, 15) is 4.79 Å². The Bertz CT molecular complexity index is 1170. The molecule has 5 rings (SSSR count). The van der Waals surface area contributed by atoms with Gasteiger partial charge in [0.2, 0.25) is 0 Å². The number of ketones is 1. The Kier molecular flexibility index (Phi) is 3.06. The highest BCUT2D eigenvalue weighted by molar-refractivity contribution is 6.36. The largest absolute Gasteiger partial charge is 0.289 e. The Hall–Kier alpha value is -2.90. The van der Waals surface area contributed by atoms with Crippen molar-refractivity contribution in [3.8, 4) is 22.3 Å². The van der Waals surface area contributed by atoms with Crippen LogP contribution in [-0.4, -0.2) is 5.78 Å². The third-order valence-electron chi connectivity index (χ3n) is 4.91. The van der Waals surface area contributed by atoms with Gasteiger partial charge in [-0.3, -0.25) is 4.79 Å². The molecule has 0 unspecified atom stereocenters. The van der Waals surface area contributed by atoms with Gasteiger partial charge in [-0.2, -0.15) is 0 Å². The molecule has 1 aliphatic rings. The van der Waals surface area contributed by atoms with Crippen molar-refractivity contribution in [1.29, 1.82) is 0 Å². The molecule has 1 nitrogen and oxygen atoms in total. The molecule has 1 aliphatic carbocycles. The lowest BCUT2D eigenvalue weighted by Gasteiger charge is -2.12. The quantitative estimate of drug-likeness (QED) is 0.346. The van der Waals surface area contributed by atoms with Gasteiger partial charge in [0.25, 0.3) is 0 Å². The molecule has 0 bridgehead atoms. The second-order valence-corrected chi connectivity index (χ2v) is 6.65. The summed E-state index contributed by atoms with van der Waals surface area (Å²) < 4.78 is 0. The summed E-state index contributed by atoms with van der Waals surface area (Å²) in [6.45, 7) is 0. The summed E-state index contributed by atoms with van der Waals surface area (Å²) >= 11 is 6.37. The van der Waals surface area contributed by atoms with Crippen LogP contribution in [0.5, 0.6) is 0 Å². The highest BCUT2D eigenvalue weighted by Gasteiger charge is 2.29. The highest BCUT2D eigenvalue weighted by atomic mass is 35.5. The summed E-state index contributed by atoms with van der Waals surface area (Å²) in [5.74, 6) is 0.0974. The second kappa shape index (κ2) is 5.30. The van der Waals surface area contributed by atoms with E-state index in [1.54, 1.807) is 0 Å². The zero-order valence-corrected chi connectivity index (χ0v) is 14.0. The Morgan fingerprint density at radius 2 is 1.12 bits per heavy atom. The summed E-state index contributed by atoms with van der Waals surface area (Å²) in [6, 6.07) is 25.9. The maximum absolute atomic E-state index is 13.1. The first-order valence-electron chi connectivity index (χ1n) is 8.20. The third-order valence-corrected chi connectivity index (χ3v) is 5.24. The van der Waals surface area contributed by atoms with Crippen LogP contribution in [0.4, 0.5) is 0 Å². The van der Waals surface area contributed by atoms with Crippen LogP contribution in [0, 0.1) is 0 Å². The van der Waals surface area contributed by atoms with Gasteiger partial charge < -0.3 is 0 Å². The van der Waals surface area contributed by atoms with E-state index in [2.05, 4.69) is 6.07 Å². The van der Waals surface area contributed by atoms with Gasteiger partial charge in [0.15, 0.2) is 5.78 Å². The van der Waals surface area contributed by atoms with Gasteiger partial charge >= 0.3 is 0 Å². The Morgan fingerprint density at radius 3 is 1.92 bits per heavy atom. The van der Waals surface area contributed by atoms with Gasteiger partial charge in [-0.15, -0.1) is 0 Å². The highest BCUT2D eigenvalue weighted by Crippen LogP contribution is 2.43. The average molecular weight is 341 g/mol. The van der Waals surface area contributed by atoms with Crippen molar-refractivity contribution < 1.29 is 4.79 Å². The van der Waals surface area contributed by atoms with Crippen LogP contribution < -0.4 is 0 Å². The van der Waals surface area contributed by atoms with Crippen molar-refractivity contribution in [2.75, 3.05) is 0 Å². The number of carbonyl (C=O) groups excluding carboxylic acids is 1. The molecule has 4 aromatic carbocycles. The van der Waals surface area contributed by atoms with Crippen LogP contribution in [0.1, 0.15) is 15.9 Å². The molecule has 0 saturated carbocycles. The standard InChI is InChI=1S/C23H13ClO/c24-21-13-12-16(14-6-1-3-8-17(14)21)19-11-5-10-18-15-7-2-4-9-20(15)23(25)22(18)19/h1-13H. The van der Waals surface area contributed by atoms with E-state index in [-0.39, 0.29) is 5.78 Å². The summed E-state index contributed by atoms with van der Waals surface area (Å²) in [5.41, 5.74) is 5.60. The Morgan fingerprint density at radius 1 is 0.520 bits per heavy atom. The fraction of sp³-hybridized carbons (Fsp3) is 0. The topological polar surface area (TPSA) is 17.1 Å². The third kappa shape index (κ3) is 2.00. The van der Waals surface area contributed by atoms with Crippen molar-refractivity contribution in [1.82, 2.24) is 0 Å². The molecule has 0 N–H and O–H groups in total. The van der Waals surface area contributed by atoms with Gasteiger partial charge in [0.05, 0.1) is 0 Å². The number of hydrogen-bond donors (Lipinski definition) is 0. The summed E-state index contributed by atoms with van der Waals surface area (Å²) in [5, 5.41) is 2.79. The average Bonchev–Trinajstić information content (AvgIpc) is 2.96. The Balaban J connectivity index is 1.86. The van der Waals surface area contributed by atoms with Crippen molar-refractivity contribution in [3.63, 3.8) is 0 Å². The number of fused-ring (bicyclic) bond motifs is 4. The van der Waals surface area contributed by atoms with E-state index in [1.165, 1.54) is 0 Å². The maximum Gasteiger partial charge on any atom is 0.194 e.